The number of carbonyl (C=O) groups is 1. The van der Waals surface area contributed by atoms with Crippen LogP contribution in [0.1, 0.15) is 28.0 Å². The van der Waals surface area contributed by atoms with Crippen LogP contribution in [0.25, 0.3) is 10.8 Å². The summed E-state index contributed by atoms with van der Waals surface area (Å²) in [6.45, 7) is 0.172. The molecule has 4 rings (SSSR count). The maximum absolute atomic E-state index is 14.4. The number of ether oxygens (including phenoxy) is 1. The summed E-state index contributed by atoms with van der Waals surface area (Å²) in [5, 5.41) is 7.86. The van der Waals surface area contributed by atoms with Gasteiger partial charge >= 0.3 is 0 Å². The minimum atomic E-state index is -0.601. The highest BCUT2D eigenvalue weighted by atomic mass is 19.1. The Morgan fingerprint density at radius 3 is 2.83 bits per heavy atom. The Balaban J connectivity index is 1.57. The van der Waals surface area contributed by atoms with E-state index in [0.717, 1.165) is 0 Å². The first-order chi connectivity index (χ1) is 14.6. The van der Waals surface area contributed by atoms with Crippen molar-refractivity contribution in [3.63, 3.8) is 0 Å². The number of nitrogens with zero attached hydrogens (tertiary/aromatic N) is 2. The van der Waals surface area contributed by atoms with Gasteiger partial charge in [-0.15, -0.1) is 0 Å². The molecule has 1 unspecified atom stereocenters. The molecular weight excluding hydrogens is 392 g/mol. The summed E-state index contributed by atoms with van der Waals surface area (Å²) in [5.74, 6) is -1.02. The highest BCUT2D eigenvalue weighted by molar-refractivity contribution is 5.95. The first kappa shape index (κ1) is 20.2. The largest absolute Gasteiger partial charge is 0.374 e. The normalized spacial score (nSPS) is 16.3. The van der Waals surface area contributed by atoms with Crippen molar-refractivity contribution in [3.8, 4) is 0 Å². The maximum Gasteiger partial charge on any atom is 0.272 e. The van der Waals surface area contributed by atoms with Crippen molar-refractivity contribution in [2.24, 2.45) is 0 Å². The fraction of sp³-hybridized carbons (Fsp3) is 0.318. The lowest BCUT2D eigenvalue weighted by molar-refractivity contribution is 0.0466. The zero-order chi connectivity index (χ0) is 21.1. The van der Waals surface area contributed by atoms with Gasteiger partial charge in [0.2, 0.25) is 0 Å². The lowest BCUT2D eigenvalue weighted by Gasteiger charge is -2.17. The van der Waals surface area contributed by atoms with Crippen LogP contribution in [-0.4, -0.2) is 53.5 Å². The zero-order valence-corrected chi connectivity index (χ0v) is 16.2. The fourth-order valence-electron chi connectivity index (χ4n) is 3.78. The van der Waals surface area contributed by atoms with Gasteiger partial charge in [-0.05, 0) is 30.2 Å². The van der Waals surface area contributed by atoms with Gasteiger partial charge in [-0.1, -0.05) is 24.3 Å². The monoisotopic (exact) mass is 413 g/mol. The predicted octanol–water partition coefficient (Wildman–Crippen LogP) is 2.85. The van der Waals surface area contributed by atoms with Crippen LogP contribution in [0.4, 0.5) is 8.78 Å². The molecule has 1 N–H and O–H groups in total. The van der Waals surface area contributed by atoms with Gasteiger partial charge in [0.15, 0.2) is 0 Å². The average Bonchev–Trinajstić information content (AvgIpc) is 3.24. The van der Waals surface area contributed by atoms with Gasteiger partial charge in [-0.25, -0.2) is 13.9 Å². The van der Waals surface area contributed by atoms with Crippen LogP contribution >= 0.6 is 0 Å². The van der Waals surface area contributed by atoms with E-state index in [4.69, 9.17) is 4.74 Å². The van der Waals surface area contributed by atoms with E-state index in [1.54, 1.807) is 18.2 Å². The Morgan fingerprint density at radius 1 is 1.23 bits per heavy atom. The Morgan fingerprint density at radius 2 is 2.03 bits per heavy atom. The lowest BCUT2D eigenvalue weighted by Crippen LogP contribution is -2.31. The number of amides is 1. The Bertz CT molecular complexity index is 1130. The summed E-state index contributed by atoms with van der Waals surface area (Å²) < 4.78 is 32.1. The van der Waals surface area contributed by atoms with Crippen LogP contribution < -0.4 is 5.56 Å². The number of aromatic nitrogens is 2. The van der Waals surface area contributed by atoms with Crippen LogP contribution in [0.2, 0.25) is 0 Å². The second kappa shape index (κ2) is 8.71. The third-order valence-corrected chi connectivity index (χ3v) is 5.27. The zero-order valence-electron chi connectivity index (χ0n) is 16.2. The molecule has 1 fully saturated rings. The molecule has 0 bridgehead atoms. The van der Waals surface area contributed by atoms with E-state index in [-0.39, 0.29) is 23.8 Å². The summed E-state index contributed by atoms with van der Waals surface area (Å²) in [4.78, 5) is 26.3. The lowest BCUT2D eigenvalue weighted by atomic mass is 10.0. The number of alkyl halides is 1. The Labute approximate surface area is 171 Å². The number of fused-ring (bicyclic) bond motifs is 1. The SMILES string of the molecule is O=C(c1cc(Cc2n[nH]c(=O)c3ccccc23)ccc1F)N1CCC(OCCF)C1. The Kier molecular flexibility index (Phi) is 5.85. The molecule has 156 valence electrons. The Hall–Kier alpha value is -3.13. The van der Waals surface area contributed by atoms with E-state index in [1.165, 1.54) is 17.0 Å². The number of carbonyl (C=O) groups excluding carboxylic acids is 1. The second-order valence-corrected chi connectivity index (χ2v) is 7.26. The number of hydrogen-bond acceptors (Lipinski definition) is 4. The quantitative estimate of drug-likeness (QED) is 0.674. The molecule has 3 aromatic rings. The van der Waals surface area contributed by atoms with E-state index in [0.29, 0.717) is 48.0 Å². The van der Waals surface area contributed by atoms with E-state index in [1.807, 2.05) is 12.1 Å². The molecule has 1 saturated heterocycles. The third kappa shape index (κ3) is 4.09. The number of aromatic amines is 1. The summed E-state index contributed by atoms with van der Waals surface area (Å²) in [6, 6.07) is 11.5. The molecule has 0 radical (unpaired) electrons. The van der Waals surface area contributed by atoms with Gasteiger partial charge in [-0.2, -0.15) is 5.10 Å². The molecule has 0 saturated carbocycles. The molecule has 30 heavy (non-hydrogen) atoms. The van der Waals surface area contributed by atoms with Crippen molar-refractivity contribution >= 4 is 16.7 Å². The average molecular weight is 413 g/mol. The van der Waals surface area contributed by atoms with Gasteiger partial charge in [0, 0.05) is 24.9 Å². The molecule has 2 aromatic carbocycles. The minimum absolute atomic E-state index is 0.00331. The molecule has 2 heterocycles. The van der Waals surface area contributed by atoms with E-state index in [9.17, 15) is 18.4 Å². The molecule has 8 heteroatoms. The van der Waals surface area contributed by atoms with Gasteiger partial charge in [0.1, 0.15) is 12.5 Å². The minimum Gasteiger partial charge on any atom is -0.374 e. The van der Waals surface area contributed by atoms with E-state index < -0.39 is 18.4 Å². The molecule has 1 aliphatic heterocycles. The van der Waals surface area contributed by atoms with E-state index in [2.05, 4.69) is 10.2 Å². The summed E-state index contributed by atoms with van der Waals surface area (Å²) >= 11 is 0. The molecule has 1 aromatic heterocycles. The molecule has 1 atom stereocenters. The number of rotatable bonds is 6. The van der Waals surface area contributed by atoms with Crippen molar-refractivity contribution < 1.29 is 18.3 Å². The van der Waals surface area contributed by atoms with Crippen molar-refractivity contribution in [2.45, 2.75) is 18.9 Å². The van der Waals surface area contributed by atoms with Crippen LogP contribution in [0.5, 0.6) is 0 Å². The molecule has 0 aliphatic carbocycles. The van der Waals surface area contributed by atoms with Crippen LogP contribution in [0, 0.1) is 5.82 Å². The van der Waals surface area contributed by atoms with Crippen LogP contribution in [-0.2, 0) is 11.2 Å². The number of benzene rings is 2. The predicted molar refractivity (Wildman–Crippen MR) is 108 cm³/mol. The molecule has 0 spiro atoms. The number of halogens is 2. The van der Waals surface area contributed by atoms with Gasteiger partial charge in [-0.3, -0.25) is 9.59 Å². The van der Waals surface area contributed by atoms with E-state index >= 15 is 0 Å². The highest BCUT2D eigenvalue weighted by Gasteiger charge is 2.29. The fourth-order valence-corrected chi connectivity index (χ4v) is 3.78. The van der Waals surface area contributed by atoms with Crippen LogP contribution in [0.15, 0.2) is 47.3 Å². The summed E-state index contributed by atoms with van der Waals surface area (Å²) in [5.41, 5.74) is 1.04. The van der Waals surface area contributed by atoms with Crippen LogP contribution in [0.3, 0.4) is 0 Å². The first-order valence-electron chi connectivity index (χ1n) is 9.78. The van der Waals surface area contributed by atoms with Crippen molar-refractivity contribution in [1.29, 1.82) is 0 Å². The first-order valence-corrected chi connectivity index (χ1v) is 9.78. The van der Waals surface area contributed by atoms with Gasteiger partial charge < -0.3 is 9.64 Å². The topological polar surface area (TPSA) is 75.3 Å². The molecule has 1 aliphatic rings. The standard InChI is InChI=1S/C22H21F2N3O3/c23-8-10-30-15-7-9-27(13-15)22(29)18-11-14(5-6-19(18)24)12-20-16-3-1-2-4-17(16)21(28)26-25-20/h1-6,11,15H,7-10,12-13H2,(H,26,28). The highest BCUT2D eigenvalue weighted by Crippen LogP contribution is 2.21. The molecular formula is C22H21F2N3O3. The van der Waals surface area contributed by atoms with Gasteiger partial charge in [0.25, 0.3) is 11.5 Å². The maximum atomic E-state index is 14.4. The smallest absolute Gasteiger partial charge is 0.272 e. The number of H-pyrrole nitrogens is 1. The van der Waals surface area contributed by atoms with Crippen molar-refractivity contribution in [2.75, 3.05) is 26.4 Å². The summed E-state index contributed by atoms with van der Waals surface area (Å²) in [6.07, 6.45) is 0.702. The molecule has 1 amide bonds. The molecule has 6 nitrogen and oxygen atoms in total. The summed E-state index contributed by atoms with van der Waals surface area (Å²) in [7, 11) is 0. The van der Waals surface area contributed by atoms with Gasteiger partial charge in [0.05, 0.1) is 29.4 Å². The number of hydrogen-bond donors (Lipinski definition) is 1. The second-order valence-electron chi connectivity index (χ2n) is 7.26. The van der Waals surface area contributed by atoms with Crippen molar-refractivity contribution in [3.05, 3.63) is 75.5 Å². The van der Waals surface area contributed by atoms with Crippen molar-refractivity contribution in [1.82, 2.24) is 15.1 Å². The third-order valence-electron chi connectivity index (χ3n) is 5.27. The number of nitrogens with one attached hydrogen (secondary N) is 1. The number of likely N-dealkylation sites (tertiary alicyclic amines) is 1.